The highest BCUT2D eigenvalue weighted by atomic mass is 32.2. The van der Waals surface area contributed by atoms with Gasteiger partial charge in [0, 0.05) is 11.4 Å². The van der Waals surface area contributed by atoms with Gasteiger partial charge in [-0.2, -0.15) is 0 Å². The predicted molar refractivity (Wildman–Crippen MR) is 76.2 cm³/mol. The van der Waals surface area contributed by atoms with Crippen LogP contribution >= 0.6 is 11.8 Å². The molecule has 1 aromatic heterocycles. The van der Waals surface area contributed by atoms with Crippen molar-refractivity contribution in [1.29, 1.82) is 0 Å². The molecule has 98 valence electrons. The fourth-order valence-electron chi connectivity index (χ4n) is 2.02. The van der Waals surface area contributed by atoms with Gasteiger partial charge in [0.15, 0.2) is 0 Å². The van der Waals surface area contributed by atoms with Crippen molar-refractivity contribution in [2.75, 3.05) is 0 Å². The molecule has 1 fully saturated rings. The molecule has 2 aromatic rings. The van der Waals surface area contributed by atoms with Gasteiger partial charge < -0.3 is 4.98 Å². The van der Waals surface area contributed by atoms with E-state index in [9.17, 15) is 9.59 Å². The standard InChI is InChI=1S/C14H14N2O2S/c17-13-12(19-11-7-4-8-11)9-15-14(18)16(13)10-5-2-1-3-6-10/h1-3,5-6,9,11H,4,7-8H2,(H,15,18). The lowest BCUT2D eigenvalue weighted by molar-refractivity contribution is 0.521. The molecule has 3 rings (SSSR count). The zero-order valence-corrected chi connectivity index (χ0v) is 11.2. The van der Waals surface area contributed by atoms with Gasteiger partial charge >= 0.3 is 5.69 Å². The number of rotatable bonds is 3. The van der Waals surface area contributed by atoms with Crippen LogP contribution in [0.5, 0.6) is 0 Å². The van der Waals surface area contributed by atoms with Gasteiger partial charge in [-0.1, -0.05) is 24.6 Å². The van der Waals surface area contributed by atoms with E-state index < -0.39 is 5.69 Å². The fourth-order valence-corrected chi connectivity index (χ4v) is 3.27. The largest absolute Gasteiger partial charge is 0.333 e. The summed E-state index contributed by atoms with van der Waals surface area (Å²) in [6.07, 6.45) is 5.06. The molecule has 0 spiro atoms. The number of thioether (sulfide) groups is 1. The van der Waals surface area contributed by atoms with Crippen molar-refractivity contribution in [2.45, 2.75) is 29.4 Å². The van der Waals surface area contributed by atoms with E-state index in [0.717, 1.165) is 12.8 Å². The molecule has 0 atom stereocenters. The van der Waals surface area contributed by atoms with Crippen molar-refractivity contribution in [3.8, 4) is 5.69 Å². The van der Waals surface area contributed by atoms with E-state index in [1.54, 1.807) is 23.9 Å². The minimum atomic E-state index is -0.394. The molecular weight excluding hydrogens is 260 g/mol. The van der Waals surface area contributed by atoms with Gasteiger partial charge in [0.2, 0.25) is 0 Å². The van der Waals surface area contributed by atoms with Crippen molar-refractivity contribution in [1.82, 2.24) is 9.55 Å². The zero-order valence-electron chi connectivity index (χ0n) is 10.3. The summed E-state index contributed by atoms with van der Waals surface area (Å²) in [4.78, 5) is 27.5. The number of hydrogen-bond donors (Lipinski definition) is 1. The number of nitrogens with zero attached hydrogens (tertiary/aromatic N) is 1. The maximum absolute atomic E-state index is 12.4. The van der Waals surface area contributed by atoms with Gasteiger partial charge in [0.1, 0.15) is 0 Å². The second-order valence-electron chi connectivity index (χ2n) is 4.60. The van der Waals surface area contributed by atoms with Crippen molar-refractivity contribution >= 4 is 11.8 Å². The molecule has 5 heteroatoms. The molecule has 1 N–H and O–H groups in total. The lowest BCUT2D eigenvalue weighted by atomic mass is 10.0. The minimum Gasteiger partial charge on any atom is -0.312 e. The van der Waals surface area contributed by atoms with E-state index in [1.165, 1.54) is 17.2 Å². The van der Waals surface area contributed by atoms with Crippen molar-refractivity contribution < 1.29 is 0 Å². The first-order valence-corrected chi connectivity index (χ1v) is 7.20. The lowest BCUT2D eigenvalue weighted by Gasteiger charge is -2.24. The molecule has 0 amide bonds. The van der Waals surface area contributed by atoms with E-state index >= 15 is 0 Å². The number of nitrogens with one attached hydrogen (secondary N) is 1. The molecule has 0 bridgehead atoms. The van der Waals surface area contributed by atoms with Crippen LogP contribution < -0.4 is 11.2 Å². The van der Waals surface area contributed by atoms with Crippen LogP contribution in [0.15, 0.2) is 51.0 Å². The van der Waals surface area contributed by atoms with Crippen LogP contribution in [-0.2, 0) is 0 Å². The van der Waals surface area contributed by atoms with Gasteiger partial charge in [-0.25, -0.2) is 9.36 Å². The Bertz CT molecular complexity index is 687. The van der Waals surface area contributed by atoms with E-state index in [0.29, 0.717) is 15.8 Å². The monoisotopic (exact) mass is 274 g/mol. The van der Waals surface area contributed by atoms with Gasteiger partial charge in [-0.3, -0.25) is 4.79 Å². The number of H-pyrrole nitrogens is 1. The van der Waals surface area contributed by atoms with Crippen molar-refractivity contribution in [3.63, 3.8) is 0 Å². The SMILES string of the molecule is O=c1[nH]cc(SC2CCC2)c(=O)n1-c1ccccc1. The summed E-state index contributed by atoms with van der Waals surface area (Å²) in [6, 6.07) is 9.00. The summed E-state index contributed by atoms with van der Waals surface area (Å²) < 4.78 is 1.20. The lowest BCUT2D eigenvalue weighted by Crippen LogP contribution is -2.34. The Balaban J connectivity index is 2.06. The van der Waals surface area contributed by atoms with Crippen LogP contribution in [-0.4, -0.2) is 14.8 Å². The van der Waals surface area contributed by atoms with Gasteiger partial charge in [-0.15, -0.1) is 11.8 Å². The molecule has 0 radical (unpaired) electrons. The number of aromatic amines is 1. The van der Waals surface area contributed by atoms with Gasteiger partial charge in [0.25, 0.3) is 5.56 Å². The Morgan fingerprint density at radius 2 is 1.89 bits per heavy atom. The van der Waals surface area contributed by atoms with Crippen LogP contribution in [0.2, 0.25) is 0 Å². The van der Waals surface area contributed by atoms with E-state index in [-0.39, 0.29) is 5.56 Å². The van der Waals surface area contributed by atoms with E-state index in [2.05, 4.69) is 4.98 Å². The van der Waals surface area contributed by atoms with Crippen molar-refractivity contribution in [2.24, 2.45) is 0 Å². The van der Waals surface area contributed by atoms with Gasteiger partial charge in [0.05, 0.1) is 10.6 Å². The molecule has 0 aliphatic heterocycles. The highest BCUT2D eigenvalue weighted by Gasteiger charge is 2.21. The van der Waals surface area contributed by atoms with Gasteiger partial charge in [-0.05, 0) is 25.0 Å². The van der Waals surface area contributed by atoms with Crippen LogP contribution in [0.3, 0.4) is 0 Å². The van der Waals surface area contributed by atoms with Crippen LogP contribution in [0.1, 0.15) is 19.3 Å². The third-order valence-electron chi connectivity index (χ3n) is 3.30. The Hall–Kier alpha value is -1.75. The molecule has 0 saturated heterocycles. The first kappa shape index (κ1) is 12.3. The molecule has 1 aliphatic rings. The first-order valence-electron chi connectivity index (χ1n) is 6.32. The van der Waals surface area contributed by atoms with Crippen LogP contribution in [0.25, 0.3) is 5.69 Å². The molecule has 1 aromatic carbocycles. The average molecular weight is 274 g/mol. The first-order chi connectivity index (χ1) is 9.25. The Morgan fingerprint density at radius 1 is 1.16 bits per heavy atom. The quantitative estimate of drug-likeness (QED) is 0.933. The molecule has 19 heavy (non-hydrogen) atoms. The number of para-hydroxylation sites is 1. The topological polar surface area (TPSA) is 54.9 Å². The van der Waals surface area contributed by atoms with Crippen molar-refractivity contribution in [3.05, 3.63) is 57.4 Å². The van der Waals surface area contributed by atoms with Crippen LogP contribution in [0, 0.1) is 0 Å². The smallest absolute Gasteiger partial charge is 0.312 e. The maximum Gasteiger partial charge on any atom is 0.333 e. The van der Waals surface area contributed by atoms with Crippen LogP contribution in [0.4, 0.5) is 0 Å². The minimum absolute atomic E-state index is 0.230. The third kappa shape index (κ3) is 2.38. The zero-order chi connectivity index (χ0) is 13.2. The Morgan fingerprint density at radius 3 is 2.53 bits per heavy atom. The Labute approximate surface area is 114 Å². The summed E-state index contributed by atoms with van der Waals surface area (Å²) in [6.45, 7) is 0. The summed E-state index contributed by atoms with van der Waals surface area (Å²) in [5.41, 5.74) is -0.0224. The molecular formula is C14H14N2O2S. The predicted octanol–water partition coefficient (Wildman–Crippen LogP) is 2.17. The fraction of sp³-hybridized carbons (Fsp3) is 0.286. The molecule has 1 heterocycles. The number of hydrogen-bond acceptors (Lipinski definition) is 3. The number of aromatic nitrogens is 2. The Kier molecular flexibility index (Phi) is 3.29. The highest BCUT2D eigenvalue weighted by Crippen LogP contribution is 2.34. The summed E-state index contributed by atoms with van der Waals surface area (Å²) in [7, 11) is 0. The third-order valence-corrected chi connectivity index (χ3v) is 4.66. The van der Waals surface area contributed by atoms with E-state index in [1.807, 2.05) is 18.2 Å². The summed E-state index contributed by atoms with van der Waals surface area (Å²) in [5, 5.41) is 0.517. The number of benzene rings is 1. The normalized spacial score (nSPS) is 15.2. The maximum atomic E-state index is 12.4. The second kappa shape index (κ2) is 5.09. The second-order valence-corrected chi connectivity index (χ2v) is 5.95. The molecule has 1 saturated carbocycles. The highest BCUT2D eigenvalue weighted by molar-refractivity contribution is 8.00. The average Bonchev–Trinajstić information content (AvgIpc) is 2.37. The molecule has 0 unspecified atom stereocenters. The molecule has 1 aliphatic carbocycles. The summed E-state index contributed by atoms with van der Waals surface area (Å²) in [5.74, 6) is 0. The van der Waals surface area contributed by atoms with E-state index in [4.69, 9.17) is 0 Å². The summed E-state index contributed by atoms with van der Waals surface area (Å²) >= 11 is 1.57. The molecule has 4 nitrogen and oxygen atoms in total.